The van der Waals surface area contributed by atoms with Crippen LogP contribution in [-0.4, -0.2) is 57.0 Å². The van der Waals surface area contributed by atoms with Crippen molar-refractivity contribution in [3.8, 4) is 11.4 Å². The zero-order valence-corrected chi connectivity index (χ0v) is 14.3. The van der Waals surface area contributed by atoms with Gasteiger partial charge in [-0.1, -0.05) is 30.3 Å². The highest BCUT2D eigenvalue weighted by molar-refractivity contribution is 5.80. The molecular formula is C19H22N4O2. The third-order valence-electron chi connectivity index (χ3n) is 5.10. The van der Waals surface area contributed by atoms with Crippen LogP contribution in [0.15, 0.2) is 36.5 Å². The van der Waals surface area contributed by atoms with Gasteiger partial charge in [0.15, 0.2) is 5.82 Å². The molecule has 130 valence electrons. The number of hydrogen-bond donors (Lipinski definition) is 1. The minimum Gasteiger partial charge on any atom is -0.392 e. The maximum absolute atomic E-state index is 12.9. The van der Waals surface area contributed by atoms with Gasteiger partial charge in [0, 0.05) is 37.0 Å². The summed E-state index contributed by atoms with van der Waals surface area (Å²) < 4.78 is 0. The van der Waals surface area contributed by atoms with E-state index in [1.165, 1.54) is 0 Å². The van der Waals surface area contributed by atoms with Crippen LogP contribution in [-0.2, 0) is 17.9 Å². The molecule has 6 nitrogen and oxygen atoms in total. The Hall–Kier alpha value is -2.31. The Morgan fingerprint density at radius 1 is 1.24 bits per heavy atom. The van der Waals surface area contributed by atoms with Gasteiger partial charge in [0.05, 0.1) is 24.3 Å². The summed E-state index contributed by atoms with van der Waals surface area (Å²) in [4.78, 5) is 25.9. The summed E-state index contributed by atoms with van der Waals surface area (Å²) in [5.41, 5.74) is 2.87. The van der Waals surface area contributed by atoms with E-state index in [1.807, 2.05) is 43.6 Å². The number of piperidine rings is 1. The van der Waals surface area contributed by atoms with Crippen molar-refractivity contribution in [1.29, 1.82) is 0 Å². The smallest absolute Gasteiger partial charge is 0.230 e. The normalized spacial score (nSPS) is 23.5. The molecule has 3 heterocycles. The van der Waals surface area contributed by atoms with E-state index in [0.29, 0.717) is 31.9 Å². The largest absolute Gasteiger partial charge is 0.392 e. The SMILES string of the molecule is CN1CC[C@@H](O)[C@H](C(=O)N2Cc3cnc(-c4ccccc4)nc3C2)C1. The van der Waals surface area contributed by atoms with Crippen LogP contribution in [0.2, 0.25) is 0 Å². The van der Waals surface area contributed by atoms with Crippen LogP contribution < -0.4 is 0 Å². The molecule has 1 saturated heterocycles. The molecule has 1 aromatic carbocycles. The third kappa shape index (κ3) is 3.15. The van der Waals surface area contributed by atoms with E-state index < -0.39 is 6.10 Å². The average molecular weight is 338 g/mol. The van der Waals surface area contributed by atoms with Gasteiger partial charge in [-0.15, -0.1) is 0 Å². The van der Waals surface area contributed by atoms with E-state index in [4.69, 9.17) is 0 Å². The molecule has 0 spiro atoms. The second-order valence-electron chi connectivity index (χ2n) is 6.95. The summed E-state index contributed by atoms with van der Waals surface area (Å²) >= 11 is 0. The molecule has 1 amide bonds. The highest BCUT2D eigenvalue weighted by Crippen LogP contribution is 2.27. The number of aliphatic hydroxyl groups is 1. The van der Waals surface area contributed by atoms with Crippen molar-refractivity contribution in [2.75, 3.05) is 20.1 Å². The van der Waals surface area contributed by atoms with Crippen molar-refractivity contribution in [2.45, 2.75) is 25.6 Å². The van der Waals surface area contributed by atoms with Gasteiger partial charge in [-0.2, -0.15) is 0 Å². The first-order valence-electron chi connectivity index (χ1n) is 8.67. The molecule has 6 heteroatoms. The number of carbonyl (C=O) groups excluding carboxylic acids is 1. The van der Waals surface area contributed by atoms with Crippen LogP contribution in [0.3, 0.4) is 0 Å². The second-order valence-corrected chi connectivity index (χ2v) is 6.95. The fourth-order valence-electron chi connectivity index (χ4n) is 3.62. The van der Waals surface area contributed by atoms with Gasteiger partial charge in [0.1, 0.15) is 0 Å². The molecule has 0 unspecified atom stereocenters. The van der Waals surface area contributed by atoms with E-state index in [0.717, 1.165) is 23.4 Å². The van der Waals surface area contributed by atoms with Gasteiger partial charge in [0.25, 0.3) is 0 Å². The Balaban J connectivity index is 1.52. The zero-order valence-electron chi connectivity index (χ0n) is 14.3. The molecule has 25 heavy (non-hydrogen) atoms. The molecule has 4 rings (SSSR count). The molecule has 2 aliphatic heterocycles. The molecule has 1 N–H and O–H groups in total. The number of carbonyl (C=O) groups is 1. The number of likely N-dealkylation sites (tertiary alicyclic amines) is 1. The Morgan fingerprint density at radius 2 is 2.04 bits per heavy atom. The van der Waals surface area contributed by atoms with Crippen molar-refractivity contribution in [1.82, 2.24) is 19.8 Å². The van der Waals surface area contributed by atoms with Crippen molar-refractivity contribution in [3.63, 3.8) is 0 Å². The second kappa shape index (κ2) is 6.54. The minimum absolute atomic E-state index is 0.0123. The van der Waals surface area contributed by atoms with Gasteiger partial charge >= 0.3 is 0 Å². The Kier molecular flexibility index (Phi) is 4.23. The van der Waals surface area contributed by atoms with E-state index in [-0.39, 0.29) is 11.8 Å². The van der Waals surface area contributed by atoms with Crippen molar-refractivity contribution < 1.29 is 9.90 Å². The van der Waals surface area contributed by atoms with E-state index >= 15 is 0 Å². The summed E-state index contributed by atoms with van der Waals surface area (Å²) in [6.45, 7) is 2.45. The van der Waals surface area contributed by atoms with Crippen LogP contribution in [0.25, 0.3) is 11.4 Å². The molecular weight excluding hydrogens is 316 g/mol. The minimum atomic E-state index is -0.557. The lowest BCUT2D eigenvalue weighted by molar-refractivity contribution is -0.142. The van der Waals surface area contributed by atoms with Gasteiger partial charge in [-0.05, 0) is 13.5 Å². The average Bonchev–Trinajstić information content (AvgIpc) is 3.07. The summed E-state index contributed by atoms with van der Waals surface area (Å²) in [6.07, 6.45) is 1.91. The number of aromatic nitrogens is 2. The Labute approximate surface area is 147 Å². The van der Waals surface area contributed by atoms with Crippen molar-refractivity contribution >= 4 is 5.91 Å². The molecule has 2 aromatic rings. The Bertz CT molecular complexity index is 780. The maximum Gasteiger partial charge on any atom is 0.230 e. The van der Waals surface area contributed by atoms with E-state index in [9.17, 15) is 9.90 Å². The molecule has 1 fully saturated rings. The summed E-state index contributed by atoms with van der Waals surface area (Å²) in [7, 11) is 1.99. The number of amides is 1. The van der Waals surface area contributed by atoms with Crippen molar-refractivity contribution in [3.05, 3.63) is 47.8 Å². The number of fused-ring (bicyclic) bond motifs is 1. The highest BCUT2D eigenvalue weighted by atomic mass is 16.3. The molecule has 0 bridgehead atoms. The van der Waals surface area contributed by atoms with Crippen LogP contribution in [0.1, 0.15) is 17.7 Å². The number of benzene rings is 1. The molecule has 1 aromatic heterocycles. The third-order valence-corrected chi connectivity index (χ3v) is 5.10. The van der Waals surface area contributed by atoms with E-state index in [2.05, 4.69) is 14.9 Å². The van der Waals surface area contributed by atoms with Crippen molar-refractivity contribution in [2.24, 2.45) is 5.92 Å². The van der Waals surface area contributed by atoms with Crippen LogP contribution in [0, 0.1) is 5.92 Å². The standard InChI is InChI=1S/C19H22N4O2/c1-22-8-7-17(24)15(11-22)19(25)23-10-14-9-20-18(21-16(14)12-23)13-5-3-2-4-6-13/h2-6,9,15,17,24H,7-8,10-12H2,1H3/t15-,17-/m1/s1. The fourth-order valence-corrected chi connectivity index (χ4v) is 3.62. The van der Waals surface area contributed by atoms with Gasteiger partial charge in [-0.25, -0.2) is 9.97 Å². The van der Waals surface area contributed by atoms with Gasteiger partial charge in [-0.3, -0.25) is 4.79 Å². The topological polar surface area (TPSA) is 69.6 Å². The number of hydrogen-bond acceptors (Lipinski definition) is 5. The number of aliphatic hydroxyl groups excluding tert-OH is 1. The van der Waals surface area contributed by atoms with E-state index in [1.54, 1.807) is 4.90 Å². The lowest BCUT2D eigenvalue weighted by atomic mass is 9.93. The summed E-state index contributed by atoms with van der Waals surface area (Å²) in [5, 5.41) is 10.2. The van der Waals surface area contributed by atoms with Crippen LogP contribution >= 0.6 is 0 Å². The predicted molar refractivity (Wildman–Crippen MR) is 93.3 cm³/mol. The zero-order chi connectivity index (χ0) is 17.4. The quantitative estimate of drug-likeness (QED) is 0.894. The molecule has 0 saturated carbocycles. The first kappa shape index (κ1) is 16.2. The first-order valence-corrected chi connectivity index (χ1v) is 8.67. The molecule has 2 atom stereocenters. The molecule has 0 radical (unpaired) electrons. The summed E-state index contributed by atoms with van der Waals surface area (Å²) in [5.74, 6) is 0.346. The maximum atomic E-state index is 12.9. The predicted octanol–water partition coefficient (Wildman–Crippen LogP) is 1.30. The summed E-state index contributed by atoms with van der Waals surface area (Å²) in [6, 6.07) is 9.84. The van der Waals surface area contributed by atoms with Gasteiger partial charge < -0.3 is 14.9 Å². The molecule has 2 aliphatic rings. The lowest BCUT2D eigenvalue weighted by Gasteiger charge is -2.34. The first-order chi connectivity index (χ1) is 12.1. The monoisotopic (exact) mass is 338 g/mol. The lowest BCUT2D eigenvalue weighted by Crippen LogP contribution is -2.48. The Morgan fingerprint density at radius 3 is 2.84 bits per heavy atom. The number of nitrogens with zero attached hydrogens (tertiary/aromatic N) is 4. The van der Waals surface area contributed by atoms with Crippen LogP contribution in [0.5, 0.6) is 0 Å². The van der Waals surface area contributed by atoms with Gasteiger partial charge in [0.2, 0.25) is 5.91 Å². The highest BCUT2D eigenvalue weighted by Gasteiger charge is 2.37. The fraction of sp³-hybridized carbons (Fsp3) is 0.421. The number of rotatable bonds is 2. The molecule has 0 aliphatic carbocycles. The van der Waals surface area contributed by atoms with Crippen LogP contribution in [0.4, 0.5) is 0 Å².